The van der Waals surface area contributed by atoms with Crippen LogP contribution in [0.3, 0.4) is 0 Å². The van der Waals surface area contributed by atoms with Gasteiger partial charge >= 0.3 is 0 Å². The Morgan fingerprint density at radius 2 is 1.83 bits per heavy atom. The van der Waals surface area contributed by atoms with E-state index in [0.717, 1.165) is 22.5 Å². The van der Waals surface area contributed by atoms with Crippen molar-refractivity contribution < 1.29 is 14.3 Å². The summed E-state index contributed by atoms with van der Waals surface area (Å²) < 4.78 is 5.44. The smallest absolute Gasteiger partial charge is 0.265 e. The Balaban J connectivity index is 1.65. The molecule has 5 nitrogen and oxygen atoms in total. The van der Waals surface area contributed by atoms with E-state index in [2.05, 4.69) is 5.32 Å². The lowest BCUT2D eigenvalue weighted by atomic mass is 10.1. The van der Waals surface area contributed by atoms with Crippen LogP contribution in [0.25, 0.3) is 0 Å². The van der Waals surface area contributed by atoms with Crippen LogP contribution in [0, 0.1) is 13.8 Å². The molecule has 2 aromatic carbocycles. The van der Waals surface area contributed by atoms with Crippen molar-refractivity contribution in [3.05, 3.63) is 53.6 Å². The monoisotopic (exact) mass is 324 g/mol. The van der Waals surface area contributed by atoms with Crippen molar-refractivity contribution in [3.63, 3.8) is 0 Å². The van der Waals surface area contributed by atoms with Gasteiger partial charge < -0.3 is 15.0 Å². The Kier molecular flexibility index (Phi) is 4.51. The third kappa shape index (κ3) is 3.56. The molecule has 24 heavy (non-hydrogen) atoms. The van der Waals surface area contributed by atoms with Crippen molar-refractivity contribution in [2.75, 3.05) is 23.4 Å². The van der Waals surface area contributed by atoms with Crippen molar-refractivity contribution in [2.24, 2.45) is 0 Å². The number of anilines is 2. The van der Waals surface area contributed by atoms with Gasteiger partial charge in [0.15, 0.2) is 6.61 Å². The molecule has 0 bridgehead atoms. The minimum atomic E-state index is -0.128. The zero-order valence-electron chi connectivity index (χ0n) is 13.8. The summed E-state index contributed by atoms with van der Waals surface area (Å²) in [6.45, 7) is 4.29. The maximum atomic E-state index is 12.1. The average molecular weight is 324 g/mol. The molecule has 1 N–H and O–H groups in total. The summed E-state index contributed by atoms with van der Waals surface area (Å²) in [6, 6.07) is 13.3. The van der Waals surface area contributed by atoms with Gasteiger partial charge in [-0.1, -0.05) is 23.8 Å². The number of carbonyl (C=O) groups excluding carboxylic acids is 2. The number of nitrogens with zero attached hydrogens (tertiary/aromatic N) is 1. The van der Waals surface area contributed by atoms with Gasteiger partial charge in [0, 0.05) is 18.7 Å². The van der Waals surface area contributed by atoms with Gasteiger partial charge in [-0.2, -0.15) is 0 Å². The van der Waals surface area contributed by atoms with E-state index in [1.165, 1.54) is 0 Å². The number of amides is 2. The Bertz CT molecular complexity index is 769. The Morgan fingerprint density at radius 3 is 2.58 bits per heavy atom. The second-order valence-electron chi connectivity index (χ2n) is 5.97. The standard InChI is InChI=1S/C19H20N2O3/c1-13-3-6-15(7-4-13)20-18(22)9-10-21-16-11-14(2)5-8-17(16)24-12-19(21)23/h3-8,11H,9-10,12H2,1-2H3,(H,20,22). The van der Waals surface area contributed by atoms with E-state index >= 15 is 0 Å². The van der Waals surface area contributed by atoms with E-state index in [1.54, 1.807) is 4.90 Å². The second kappa shape index (κ2) is 6.74. The molecule has 0 atom stereocenters. The highest BCUT2D eigenvalue weighted by molar-refractivity contribution is 5.99. The molecule has 0 aromatic heterocycles. The molecule has 0 unspecified atom stereocenters. The molecule has 1 heterocycles. The van der Waals surface area contributed by atoms with Crippen LogP contribution < -0.4 is 15.0 Å². The molecule has 0 saturated carbocycles. The van der Waals surface area contributed by atoms with Crippen molar-refractivity contribution in [2.45, 2.75) is 20.3 Å². The van der Waals surface area contributed by atoms with Gasteiger partial charge in [-0.05, 0) is 43.7 Å². The maximum Gasteiger partial charge on any atom is 0.265 e. The van der Waals surface area contributed by atoms with Crippen LogP contribution in [-0.4, -0.2) is 25.0 Å². The van der Waals surface area contributed by atoms with Crippen LogP contribution in [0.2, 0.25) is 0 Å². The fraction of sp³-hybridized carbons (Fsp3) is 0.263. The number of ether oxygens (including phenoxy) is 1. The molecule has 0 spiro atoms. The zero-order valence-corrected chi connectivity index (χ0v) is 13.8. The summed E-state index contributed by atoms with van der Waals surface area (Å²) in [5, 5.41) is 2.85. The predicted molar refractivity (Wildman–Crippen MR) is 93.5 cm³/mol. The van der Waals surface area contributed by atoms with E-state index in [1.807, 2.05) is 56.3 Å². The summed E-state index contributed by atoms with van der Waals surface area (Å²) in [6.07, 6.45) is 0.229. The topological polar surface area (TPSA) is 58.6 Å². The molecule has 0 saturated heterocycles. The lowest BCUT2D eigenvalue weighted by molar-refractivity contribution is -0.121. The first-order valence-corrected chi connectivity index (χ1v) is 7.93. The fourth-order valence-electron chi connectivity index (χ4n) is 2.63. The Hall–Kier alpha value is -2.82. The highest BCUT2D eigenvalue weighted by atomic mass is 16.5. The molecule has 124 valence electrons. The number of hydrogen-bond donors (Lipinski definition) is 1. The lowest BCUT2D eigenvalue weighted by Crippen LogP contribution is -2.40. The first kappa shape index (κ1) is 16.1. The Labute approximate surface area is 141 Å². The zero-order chi connectivity index (χ0) is 17.1. The number of aryl methyl sites for hydroxylation is 2. The largest absolute Gasteiger partial charge is 0.482 e. The van der Waals surface area contributed by atoms with Crippen LogP contribution in [0.5, 0.6) is 5.75 Å². The molecule has 0 fully saturated rings. The molecular weight excluding hydrogens is 304 g/mol. The predicted octanol–water partition coefficient (Wildman–Crippen LogP) is 3.06. The van der Waals surface area contributed by atoms with Gasteiger partial charge in [-0.3, -0.25) is 9.59 Å². The highest BCUT2D eigenvalue weighted by Gasteiger charge is 2.25. The first-order chi connectivity index (χ1) is 11.5. The molecule has 0 radical (unpaired) electrons. The SMILES string of the molecule is Cc1ccc(NC(=O)CCN2C(=O)COc3ccc(C)cc32)cc1. The number of hydrogen-bond acceptors (Lipinski definition) is 3. The molecular formula is C19H20N2O3. The number of carbonyl (C=O) groups is 2. The number of fused-ring (bicyclic) bond motifs is 1. The molecule has 2 aromatic rings. The molecule has 3 rings (SSSR count). The van der Waals surface area contributed by atoms with E-state index in [-0.39, 0.29) is 24.8 Å². The third-order valence-corrected chi connectivity index (χ3v) is 3.96. The van der Waals surface area contributed by atoms with E-state index in [9.17, 15) is 9.59 Å². The van der Waals surface area contributed by atoms with Crippen molar-refractivity contribution in [3.8, 4) is 5.75 Å². The molecule has 2 amide bonds. The van der Waals surface area contributed by atoms with Gasteiger partial charge in [0.1, 0.15) is 5.75 Å². The average Bonchev–Trinajstić information content (AvgIpc) is 2.56. The highest BCUT2D eigenvalue weighted by Crippen LogP contribution is 2.32. The van der Waals surface area contributed by atoms with E-state index < -0.39 is 0 Å². The minimum absolute atomic E-state index is 0.00957. The van der Waals surface area contributed by atoms with Crippen molar-refractivity contribution in [1.29, 1.82) is 0 Å². The molecule has 0 aliphatic carbocycles. The summed E-state index contributed by atoms with van der Waals surface area (Å²) in [5.41, 5.74) is 3.67. The van der Waals surface area contributed by atoms with Gasteiger partial charge in [-0.25, -0.2) is 0 Å². The van der Waals surface area contributed by atoms with Crippen LogP contribution in [0.15, 0.2) is 42.5 Å². The van der Waals surface area contributed by atoms with Gasteiger partial charge in [0.2, 0.25) is 5.91 Å². The second-order valence-corrected chi connectivity index (χ2v) is 5.97. The minimum Gasteiger partial charge on any atom is -0.482 e. The van der Waals surface area contributed by atoms with Gasteiger partial charge in [0.05, 0.1) is 5.69 Å². The van der Waals surface area contributed by atoms with Gasteiger partial charge in [-0.15, -0.1) is 0 Å². The van der Waals surface area contributed by atoms with Crippen LogP contribution in [0.1, 0.15) is 17.5 Å². The first-order valence-electron chi connectivity index (χ1n) is 7.93. The van der Waals surface area contributed by atoms with E-state index in [4.69, 9.17) is 4.74 Å². The Morgan fingerprint density at radius 1 is 1.12 bits per heavy atom. The molecule has 1 aliphatic rings. The quantitative estimate of drug-likeness (QED) is 0.940. The normalized spacial score (nSPS) is 13.2. The summed E-state index contributed by atoms with van der Waals surface area (Å²) in [7, 11) is 0. The van der Waals surface area contributed by atoms with Crippen molar-refractivity contribution in [1.82, 2.24) is 0 Å². The van der Waals surface area contributed by atoms with Crippen molar-refractivity contribution >= 4 is 23.2 Å². The summed E-state index contributed by atoms with van der Waals surface area (Å²) in [4.78, 5) is 25.9. The number of benzene rings is 2. The fourth-order valence-corrected chi connectivity index (χ4v) is 2.63. The van der Waals surface area contributed by atoms with Crippen LogP contribution in [0.4, 0.5) is 11.4 Å². The molecule has 5 heteroatoms. The van der Waals surface area contributed by atoms with E-state index in [0.29, 0.717) is 12.3 Å². The lowest BCUT2D eigenvalue weighted by Gasteiger charge is -2.29. The molecule has 1 aliphatic heterocycles. The van der Waals surface area contributed by atoms with Crippen LogP contribution in [-0.2, 0) is 9.59 Å². The van der Waals surface area contributed by atoms with Gasteiger partial charge in [0.25, 0.3) is 5.91 Å². The number of rotatable bonds is 4. The third-order valence-electron chi connectivity index (χ3n) is 3.96. The maximum absolute atomic E-state index is 12.1. The summed E-state index contributed by atoms with van der Waals surface area (Å²) >= 11 is 0. The summed E-state index contributed by atoms with van der Waals surface area (Å²) in [5.74, 6) is 0.433. The van der Waals surface area contributed by atoms with Crippen LogP contribution >= 0.6 is 0 Å². The number of nitrogens with one attached hydrogen (secondary N) is 1.